The van der Waals surface area contributed by atoms with Gasteiger partial charge in [-0.25, -0.2) is 8.42 Å². The zero-order valence-electron chi connectivity index (χ0n) is 11.9. The Morgan fingerprint density at radius 3 is 2.42 bits per heavy atom. The van der Waals surface area contributed by atoms with Crippen molar-refractivity contribution in [3.8, 4) is 0 Å². The van der Waals surface area contributed by atoms with Crippen LogP contribution in [-0.4, -0.2) is 67.2 Å². The minimum atomic E-state index is -2.81. The van der Waals surface area contributed by atoms with Crippen LogP contribution in [-0.2, 0) is 9.84 Å². The maximum Gasteiger partial charge on any atom is 0.152 e. The summed E-state index contributed by atoms with van der Waals surface area (Å²) in [6, 6.07) is 0.852. The van der Waals surface area contributed by atoms with Gasteiger partial charge in [0.15, 0.2) is 9.84 Å². The van der Waals surface area contributed by atoms with Crippen LogP contribution < -0.4 is 5.32 Å². The normalized spacial score (nSPS) is 28.8. The molecule has 5 nitrogen and oxygen atoms in total. The number of sulfone groups is 1. The molecule has 1 aliphatic heterocycles. The summed E-state index contributed by atoms with van der Waals surface area (Å²) in [5, 5.41) is 13.1. The van der Waals surface area contributed by atoms with Gasteiger partial charge in [-0.3, -0.25) is 4.90 Å². The van der Waals surface area contributed by atoms with Crippen molar-refractivity contribution in [1.29, 1.82) is 0 Å². The van der Waals surface area contributed by atoms with E-state index in [0.717, 1.165) is 6.42 Å². The topological polar surface area (TPSA) is 69.6 Å². The zero-order chi connectivity index (χ0) is 14.1. The fourth-order valence-corrected chi connectivity index (χ4v) is 4.07. The highest BCUT2D eigenvalue weighted by Gasteiger charge is 2.35. The Hall–Kier alpha value is -0.170. The highest BCUT2D eigenvalue weighted by molar-refractivity contribution is 7.91. The van der Waals surface area contributed by atoms with Crippen molar-refractivity contribution in [3.63, 3.8) is 0 Å². The molecule has 1 aliphatic carbocycles. The molecule has 2 rings (SSSR count). The molecule has 0 amide bonds. The standard InChI is InChI=1S/C13H26N2O3S/c1-11(15-5-7-19(17,18)8-6-15)9-13(2,10-16)14-12-3-4-12/h11-12,14,16H,3-10H2,1-2H3. The summed E-state index contributed by atoms with van der Waals surface area (Å²) >= 11 is 0. The maximum atomic E-state index is 11.4. The largest absolute Gasteiger partial charge is 0.394 e. The van der Waals surface area contributed by atoms with Crippen molar-refractivity contribution in [2.75, 3.05) is 31.2 Å². The average Bonchev–Trinajstić information content (AvgIpc) is 3.12. The van der Waals surface area contributed by atoms with Gasteiger partial charge in [0.25, 0.3) is 0 Å². The maximum absolute atomic E-state index is 11.4. The minimum absolute atomic E-state index is 0.125. The molecule has 112 valence electrons. The molecule has 1 heterocycles. The summed E-state index contributed by atoms with van der Waals surface area (Å²) in [5.74, 6) is 0.534. The summed E-state index contributed by atoms with van der Waals surface area (Å²) in [7, 11) is -2.81. The Morgan fingerprint density at radius 2 is 1.95 bits per heavy atom. The summed E-state index contributed by atoms with van der Waals surface area (Å²) < 4.78 is 22.9. The summed E-state index contributed by atoms with van der Waals surface area (Å²) in [6.07, 6.45) is 3.25. The van der Waals surface area contributed by atoms with Crippen LogP contribution in [0.2, 0.25) is 0 Å². The van der Waals surface area contributed by atoms with Crippen LogP contribution in [0.5, 0.6) is 0 Å². The van der Waals surface area contributed by atoms with E-state index in [2.05, 4.69) is 24.1 Å². The molecule has 0 bridgehead atoms. The molecule has 0 aromatic carbocycles. The predicted octanol–water partition coefficient (Wildman–Crippen LogP) is -0.00160. The van der Waals surface area contributed by atoms with E-state index in [-0.39, 0.29) is 23.7 Å². The van der Waals surface area contributed by atoms with Crippen molar-refractivity contribution in [2.24, 2.45) is 0 Å². The smallest absolute Gasteiger partial charge is 0.152 e. The molecule has 2 atom stereocenters. The Labute approximate surface area is 116 Å². The summed E-state index contributed by atoms with van der Waals surface area (Å²) in [6.45, 7) is 5.55. The molecule has 1 saturated heterocycles. The van der Waals surface area contributed by atoms with Crippen molar-refractivity contribution in [1.82, 2.24) is 10.2 Å². The first-order chi connectivity index (χ1) is 8.84. The first kappa shape index (κ1) is 15.2. The van der Waals surface area contributed by atoms with Crippen LogP contribution in [0.1, 0.15) is 33.1 Å². The molecule has 2 fully saturated rings. The Morgan fingerprint density at radius 1 is 1.37 bits per heavy atom. The lowest BCUT2D eigenvalue weighted by atomic mass is 9.93. The van der Waals surface area contributed by atoms with Gasteiger partial charge in [-0.15, -0.1) is 0 Å². The summed E-state index contributed by atoms with van der Waals surface area (Å²) in [5.41, 5.74) is -0.253. The highest BCUT2D eigenvalue weighted by Crippen LogP contribution is 2.26. The Balaban J connectivity index is 1.86. The van der Waals surface area contributed by atoms with Gasteiger partial charge in [0, 0.05) is 30.7 Å². The highest BCUT2D eigenvalue weighted by atomic mass is 32.2. The van der Waals surface area contributed by atoms with E-state index in [4.69, 9.17) is 0 Å². The zero-order valence-corrected chi connectivity index (χ0v) is 12.7. The van der Waals surface area contributed by atoms with Gasteiger partial charge in [0.05, 0.1) is 18.1 Å². The van der Waals surface area contributed by atoms with Gasteiger partial charge in [-0.1, -0.05) is 0 Å². The van der Waals surface area contributed by atoms with Crippen molar-refractivity contribution >= 4 is 9.84 Å². The first-order valence-corrected chi connectivity index (χ1v) is 8.99. The number of hydrogen-bond acceptors (Lipinski definition) is 5. The monoisotopic (exact) mass is 290 g/mol. The van der Waals surface area contributed by atoms with Gasteiger partial charge in [0.1, 0.15) is 0 Å². The lowest BCUT2D eigenvalue weighted by Crippen LogP contribution is -2.53. The van der Waals surface area contributed by atoms with E-state index in [1.54, 1.807) is 0 Å². The first-order valence-electron chi connectivity index (χ1n) is 7.17. The van der Waals surface area contributed by atoms with Gasteiger partial charge in [0.2, 0.25) is 0 Å². The number of nitrogens with zero attached hydrogens (tertiary/aromatic N) is 1. The second-order valence-electron chi connectivity index (χ2n) is 6.38. The average molecular weight is 290 g/mol. The molecule has 0 spiro atoms. The molecule has 19 heavy (non-hydrogen) atoms. The van der Waals surface area contributed by atoms with Crippen LogP contribution in [0.4, 0.5) is 0 Å². The van der Waals surface area contributed by atoms with Crippen molar-refractivity contribution < 1.29 is 13.5 Å². The Bertz CT molecular complexity index is 394. The number of nitrogens with one attached hydrogen (secondary N) is 1. The molecule has 0 aromatic rings. The van der Waals surface area contributed by atoms with E-state index in [1.807, 2.05) is 0 Å². The molecule has 1 saturated carbocycles. The van der Waals surface area contributed by atoms with Crippen LogP contribution in [0.3, 0.4) is 0 Å². The van der Waals surface area contributed by atoms with Crippen LogP contribution in [0, 0.1) is 0 Å². The van der Waals surface area contributed by atoms with Crippen LogP contribution in [0.25, 0.3) is 0 Å². The van der Waals surface area contributed by atoms with Gasteiger partial charge in [-0.2, -0.15) is 0 Å². The van der Waals surface area contributed by atoms with Gasteiger partial charge < -0.3 is 10.4 Å². The summed E-state index contributed by atoms with van der Waals surface area (Å²) in [4.78, 5) is 2.23. The lowest BCUT2D eigenvalue weighted by Gasteiger charge is -2.38. The SMILES string of the molecule is CC(CC(C)(CO)NC1CC1)N1CCS(=O)(=O)CC1. The number of aliphatic hydroxyl groups is 1. The fraction of sp³-hybridized carbons (Fsp3) is 1.00. The van der Waals surface area contributed by atoms with E-state index in [9.17, 15) is 13.5 Å². The van der Waals surface area contributed by atoms with Crippen LogP contribution >= 0.6 is 0 Å². The molecule has 6 heteroatoms. The van der Waals surface area contributed by atoms with Gasteiger partial charge in [-0.05, 0) is 33.1 Å². The molecular formula is C13H26N2O3S. The number of aliphatic hydroxyl groups excluding tert-OH is 1. The van der Waals surface area contributed by atoms with E-state index < -0.39 is 9.84 Å². The number of hydrogen-bond donors (Lipinski definition) is 2. The quantitative estimate of drug-likeness (QED) is 0.720. The van der Waals surface area contributed by atoms with Crippen molar-refractivity contribution in [3.05, 3.63) is 0 Å². The molecule has 2 unspecified atom stereocenters. The minimum Gasteiger partial charge on any atom is -0.394 e. The van der Waals surface area contributed by atoms with Crippen LogP contribution in [0.15, 0.2) is 0 Å². The third-order valence-electron chi connectivity index (χ3n) is 4.23. The predicted molar refractivity (Wildman–Crippen MR) is 76.0 cm³/mol. The second kappa shape index (κ2) is 5.68. The molecule has 2 aliphatic rings. The Kier molecular flexibility index (Phi) is 4.55. The molecular weight excluding hydrogens is 264 g/mol. The fourth-order valence-electron chi connectivity index (χ4n) is 2.84. The van der Waals surface area contributed by atoms with E-state index >= 15 is 0 Å². The lowest BCUT2D eigenvalue weighted by molar-refractivity contribution is 0.117. The van der Waals surface area contributed by atoms with E-state index in [0.29, 0.717) is 25.2 Å². The van der Waals surface area contributed by atoms with Crippen molar-refractivity contribution in [2.45, 2.75) is 50.7 Å². The van der Waals surface area contributed by atoms with E-state index in [1.165, 1.54) is 12.8 Å². The third-order valence-corrected chi connectivity index (χ3v) is 5.84. The molecule has 0 radical (unpaired) electrons. The molecule has 0 aromatic heterocycles. The second-order valence-corrected chi connectivity index (χ2v) is 8.68. The third kappa shape index (κ3) is 4.41. The van der Waals surface area contributed by atoms with Gasteiger partial charge >= 0.3 is 0 Å². The molecule has 2 N–H and O–H groups in total. The number of rotatable bonds is 6.